The van der Waals surface area contributed by atoms with E-state index in [9.17, 15) is 0 Å². The van der Waals surface area contributed by atoms with Gasteiger partial charge in [0.2, 0.25) is 0 Å². The van der Waals surface area contributed by atoms with Crippen molar-refractivity contribution >= 4 is 36.2 Å². The van der Waals surface area contributed by atoms with Crippen LogP contribution in [0.3, 0.4) is 0 Å². The SMILES string of the molecule is Cc1nc(CN)sc1C.Cl.Cl. The number of thiazole rings is 1. The van der Waals surface area contributed by atoms with Crippen LogP contribution < -0.4 is 5.73 Å². The van der Waals surface area contributed by atoms with Gasteiger partial charge in [-0.2, -0.15) is 0 Å². The first-order chi connectivity index (χ1) is 4.24. The van der Waals surface area contributed by atoms with Gasteiger partial charge in [0.15, 0.2) is 0 Å². The number of nitrogens with zero attached hydrogens (tertiary/aromatic N) is 1. The third kappa shape index (κ3) is 3.38. The lowest BCUT2D eigenvalue weighted by molar-refractivity contribution is 1.02. The van der Waals surface area contributed by atoms with Gasteiger partial charge in [0.1, 0.15) is 5.01 Å². The molecule has 0 fully saturated rings. The molecule has 0 atom stereocenters. The fourth-order valence-corrected chi connectivity index (χ4v) is 1.44. The second-order valence-corrected chi connectivity index (χ2v) is 3.24. The number of rotatable bonds is 1. The van der Waals surface area contributed by atoms with Gasteiger partial charge in [0.25, 0.3) is 0 Å². The smallest absolute Gasteiger partial charge is 0.107 e. The second kappa shape index (κ2) is 5.77. The highest BCUT2D eigenvalue weighted by atomic mass is 35.5. The van der Waals surface area contributed by atoms with Crippen LogP contribution in [-0.2, 0) is 6.54 Å². The van der Waals surface area contributed by atoms with Crippen molar-refractivity contribution < 1.29 is 0 Å². The molecule has 2 nitrogen and oxygen atoms in total. The summed E-state index contributed by atoms with van der Waals surface area (Å²) in [6.45, 7) is 4.64. The fourth-order valence-electron chi connectivity index (χ4n) is 0.626. The van der Waals surface area contributed by atoms with E-state index in [1.165, 1.54) is 4.88 Å². The highest BCUT2D eigenvalue weighted by molar-refractivity contribution is 7.11. The zero-order valence-electron chi connectivity index (χ0n) is 6.46. The Kier molecular flexibility index (Phi) is 7.21. The van der Waals surface area contributed by atoms with Crippen LogP contribution in [-0.4, -0.2) is 4.98 Å². The fraction of sp³-hybridized carbons (Fsp3) is 0.500. The maximum Gasteiger partial charge on any atom is 0.107 e. The number of aryl methyl sites for hydroxylation is 2. The van der Waals surface area contributed by atoms with E-state index >= 15 is 0 Å². The Labute approximate surface area is 83.0 Å². The van der Waals surface area contributed by atoms with Crippen LogP contribution in [0.25, 0.3) is 0 Å². The van der Waals surface area contributed by atoms with Crippen LogP contribution in [0.5, 0.6) is 0 Å². The summed E-state index contributed by atoms with van der Waals surface area (Å²) in [6.07, 6.45) is 0. The molecule has 0 bridgehead atoms. The number of nitrogens with two attached hydrogens (primary N) is 1. The molecule has 1 aromatic rings. The summed E-state index contributed by atoms with van der Waals surface area (Å²) in [4.78, 5) is 5.50. The van der Waals surface area contributed by atoms with E-state index in [-0.39, 0.29) is 24.8 Å². The summed E-state index contributed by atoms with van der Waals surface area (Å²) in [7, 11) is 0. The van der Waals surface area contributed by atoms with Gasteiger partial charge in [-0.3, -0.25) is 0 Å². The first kappa shape index (κ1) is 13.7. The van der Waals surface area contributed by atoms with Gasteiger partial charge in [-0.1, -0.05) is 0 Å². The molecule has 0 amide bonds. The van der Waals surface area contributed by atoms with Crippen LogP contribution in [0.1, 0.15) is 15.6 Å². The van der Waals surface area contributed by atoms with Crippen molar-refractivity contribution in [2.75, 3.05) is 0 Å². The van der Waals surface area contributed by atoms with Crippen molar-refractivity contribution in [3.05, 3.63) is 15.6 Å². The second-order valence-electron chi connectivity index (χ2n) is 1.95. The zero-order chi connectivity index (χ0) is 6.85. The Bertz CT molecular complexity index is 193. The minimum absolute atomic E-state index is 0. The zero-order valence-corrected chi connectivity index (χ0v) is 8.91. The van der Waals surface area contributed by atoms with Crippen LogP contribution in [0, 0.1) is 13.8 Å². The van der Waals surface area contributed by atoms with E-state index in [0.29, 0.717) is 6.54 Å². The maximum absolute atomic E-state index is 5.38. The maximum atomic E-state index is 5.38. The molecule has 1 heterocycles. The van der Waals surface area contributed by atoms with Crippen LogP contribution in [0.2, 0.25) is 0 Å². The monoisotopic (exact) mass is 214 g/mol. The first-order valence-corrected chi connectivity index (χ1v) is 3.68. The molecule has 0 radical (unpaired) electrons. The van der Waals surface area contributed by atoms with Crippen molar-refractivity contribution in [3.63, 3.8) is 0 Å². The van der Waals surface area contributed by atoms with Gasteiger partial charge in [-0.15, -0.1) is 36.2 Å². The summed E-state index contributed by atoms with van der Waals surface area (Å²) in [6, 6.07) is 0. The Morgan fingerprint density at radius 1 is 1.36 bits per heavy atom. The van der Waals surface area contributed by atoms with E-state index in [1.807, 2.05) is 6.92 Å². The lowest BCUT2D eigenvalue weighted by Crippen LogP contribution is -1.94. The molecule has 0 saturated carbocycles. The molecule has 0 aliphatic heterocycles. The lowest BCUT2D eigenvalue weighted by Gasteiger charge is -1.80. The molecule has 0 aliphatic carbocycles. The van der Waals surface area contributed by atoms with Gasteiger partial charge in [-0.05, 0) is 13.8 Å². The van der Waals surface area contributed by atoms with Crippen LogP contribution in [0.4, 0.5) is 0 Å². The van der Waals surface area contributed by atoms with Crippen molar-refractivity contribution in [1.82, 2.24) is 4.98 Å². The topological polar surface area (TPSA) is 38.9 Å². The Morgan fingerprint density at radius 2 is 1.91 bits per heavy atom. The van der Waals surface area contributed by atoms with Crippen molar-refractivity contribution in [1.29, 1.82) is 0 Å². The predicted octanol–water partition coefficient (Wildman–Crippen LogP) is 2.06. The van der Waals surface area contributed by atoms with Gasteiger partial charge in [0.05, 0.1) is 5.69 Å². The molecule has 0 aromatic carbocycles. The van der Waals surface area contributed by atoms with Gasteiger partial charge in [-0.25, -0.2) is 4.98 Å². The molecule has 1 aromatic heterocycles. The molecule has 0 saturated heterocycles. The van der Waals surface area contributed by atoms with Gasteiger partial charge >= 0.3 is 0 Å². The molecule has 1 rings (SSSR count). The molecular weight excluding hydrogens is 203 g/mol. The van der Waals surface area contributed by atoms with E-state index in [4.69, 9.17) is 5.73 Å². The van der Waals surface area contributed by atoms with Gasteiger partial charge in [0, 0.05) is 11.4 Å². The van der Waals surface area contributed by atoms with Crippen LogP contribution in [0.15, 0.2) is 0 Å². The standard InChI is InChI=1S/C6H10N2S.2ClH/c1-4-5(2)9-6(3-7)8-4;;/h3,7H2,1-2H3;2*1H. The summed E-state index contributed by atoms with van der Waals surface area (Å²) in [5, 5.41) is 1.03. The van der Waals surface area contributed by atoms with E-state index in [0.717, 1.165) is 10.7 Å². The summed E-state index contributed by atoms with van der Waals surface area (Å²) in [5.74, 6) is 0. The highest BCUT2D eigenvalue weighted by Gasteiger charge is 1.99. The first-order valence-electron chi connectivity index (χ1n) is 2.87. The molecule has 5 heteroatoms. The Balaban J connectivity index is 0. The lowest BCUT2D eigenvalue weighted by atomic mass is 10.4. The largest absolute Gasteiger partial charge is 0.325 e. The summed E-state index contributed by atoms with van der Waals surface area (Å²) in [5.41, 5.74) is 6.49. The third-order valence-corrected chi connectivity index (χ3v) is 2.34. The molecule has 66 valence electrons. The molecular formula is C6H12Cl2N2S. The van der Waals surface area contributed by atoms with Crippen LogP contribution >= 0.6 is 36.2 Å². The molecule has 0 aliphatic rings. The summed E-state index contributed by atoms with van der Waals surface area (Å²) >= 11 is 1.68. The highest BCUT2D eigenvalue weighted by Crippen LogP contribution is 2.14. The number of halogens is 2. The quantitative estimate of drug-likeness (QED) is 0.778. The third-order valence-electron chi connectivity index (χ3n) is 1.25. The Morgan fingerprint density at radius 3 is 2.09 bits per heavy atom. The Hall–Kier alpha value is 0.170. The average molecular weight is 215 g/mol. The van der Waals surface area contributed by atoms with E-state index < -0.39 is 0 Å². The number of hydrogen-bond acceptors (Lipinski definition) is 3. The van der Waals surface area contributed by atoms with E-state index in [2.05, 4.69) is 11.9 Å². The minimum atomic E-state index is 0. The van der Waals surface area contributed by atoms with Crippen molar-refractivity contribution in [2.24, 2.45) is 5.73 Å². The average Bonchev–Trinajstić information content (AvgIpc) is 2.13. The molecule has 11 heavy (non-hydrogen) atoms. The summed E-state index contributed by atoms with van der Waals surface area (Å²) < 4.78 is 0. The van der Waals surface area contributed by atoms with Gasteiger partial charge < -0.3 is 5.73 Å². The normalized spacial score (nSPS) is 8.27. The molecule has 2 N–H and O–H groups in total. The number of hydrogen-bond donors (Lipinski definition) is 1. The predicted molar refractivity (Wildman–Crippen MR) is 54.0 cm³/mol. The van der Waals surface area contributed by atoms with Crippen molar-refractivity contribution in [2.45, 2.75) is 20.4 Å². The van der Waals surface area contributed by atoms with Crippen molar-refractivity contribution in [3.8, 4) is 0 Å². The van der Waals surface area contributed by atoms with E-state index in [1.54, 1.807) is 11.3 Å². The molecule has 0 spiro atoms. The molecule has 0 unspecified atom stereocenters. The minimum Gasteiger partial charge on any atom is -0.325 e. The number of aromatic nitrogens is 1.